The van der Waals surface area contributed by atoms with Gasteiger partial charge in [-0.1, -0.05) is 18.9 Å². The van der Waals surface area contributed by atoms with Gasteiger partial charge < -0.3 is 18.8 Å². The summed E-state index contributed by atoms with van der Waals surface area (Å²) in [7, 11) is 3.32. The highest BCUT2D eigenvalue weighted by Gasteiger charge is 2.43. The summed E-state index contributed by atoms with van der Waals surface area (Å²) < 4.78 is 19.5. The first-order valence-corrected chi connectivity index (χ1v) is 8.64. The van der Waals surface area contributed by atoms with E-state index in [1.807, 2.05) is 24.4 Å². The van der Waals surface area contributed by atoms with Crippen molar-refractivity contribution in [3.05, 3.63) is 30.6 Å². The molecule has 2 aliphatic rings. The van der Waals surface area contributed by atoms with Gasteiger partial charge in [-0.15, -0.1) is 0 Å². The van der Waals surface area contributed by atoms with Crippen LogP contribution in [0.1, 0.15) is 38.1 Å². The fraction of sp³-hybridized carbons (Fsp3) is 0.526. The molecule has 5 nitrogen and oxygen atoms in total. The summed E-state index contributed by atoms with van der Waals surface area (Å²) in [6, 6.07) is 6.24. The van der Waals surface area contributed by atoms with Crippen LogP contribution in [0.15, 0.2) is 30.6 Å². The zero-order valence-electron chi connectivity index (χ0n) is 14.3. The maximum Gasteiger partial charge on any atom is 0.171 e. The van der Waals surface area contributed by atoms with Gasteiger partial charge in [-0.2, -0.15) is 0 Å². The molecular weight excluding hydrogens is 304 g/mol. The van der Waals surface area contributed by atoms with Gasteiger partial charge in [0, 0.05) is 12.4 Å². The zero-order valence-corrected chi connectivity index (χ0v) is 14.3. The molecule has 1 saturated heterocycles. The molecule has 2 aromatic rings. The molecule has 1 spiro atoms. The minimum Gasteiger partial charge on any atom is -0.493 e. The lowest BCUT2D eigenvalue weighted by atomic mass is 9.96. The quantitative estimate of drug-likeness (QED) is 0.855. The number of ether oxygens (including phenoxy) is 3. The Labute approximate surface area is 142 Å². The molecule has 0 bridgehead atoms. The topological polar surface area (TPSA) is 45.5 Å². The molecular formula is C19H24N2O3. The van der Waals surface area contributed by atoms with Crippen molar-refractivity contribution in [3.8, 4) is 22.9 Å². The van der Waals surface area contributed by atoms with Gasteiger partial charge in [0.25, 0.3) is 0 Å². The Morgan fingerprint density at radius 2 is 2.04 bits per heavy atom. The number of hydrogen-bond donors (Lipinski definition) is 0. The van der Waals surface area contributed by atoms with Crippen molar-refractivity contribution in [2.24, 2.45) is 0 Å². The first kappa shape index (κ1) is 15.5. The van der Waals surface area contributed by atoms with E-state index in [1.54, 1.807) is 14.2 Å². The molecule has 1 atom stereocenters. The van der Waals surface area contributed by atoms with E-state index in [4.69, 9.17) is 14.2 Å². The molecule has 1 aliphatic carbocycles. The molecule has 4 rings (SSSR count). The Bertz CT molecular complexity index is 719. The van der Waals surface area contributed by atoms with Gasteiger partial charge in [-0.3, -0.25) is 0 Å². The molecule has 0 amide bonds. The number of methoxy groups -OCH3 is 2. The van der Waals surface area contributed by atoms with E-state index in [-0.39, 0.29) is 5.60 Å². The number of nitrogens with zero attached hydrogens (tertiary/aromatic N) is 2. The highest BCUT2D eigenvalue weighted by atomic mass is 16.5. The normalized spacial score (nSPS) is 22.2. The minimum absolute atomic E-state index is 0.102. The van der Waals surface area contributed by atoms with Crippen molar-refractivity contribution in [3.63, 3.8) is 0 Å². The van der Waals surface area contributed by atoms with Crippen molar-refractivity contribution >= 4 is 0 Å². The number of rotatable bonds is 4. The Morgan fingerprint density at radius 1 is 1.21 bits per heavy atom. The number of aromatic nitrogens is 2. The Kier molecular flexibility index (Phi) is 3.96. The summed E-state index contributed by atoms with van der Waals surface area (Å²) in [6.45, 7) is 0.760. The predicted octanol–water partition coefficient (Wildman–Crippen LogP) is 3.84. The van der Waals surface area contributed by atoms with E-state index in [1.165, 1.54) is 25.7 Å². The van der Waals surface area contributed by atoms with E-state index in [0.29, 0.717) is 6.04 Å². The lowest BCUT2D eigenvalue weighted by molar-refractivity contribution is 0.00960. The first-order valence-electron chi connectivity index (χ1n) is 8.64. The molecule has 128 valence electrons. The van der Waals surface area contributed by atoms with Crippen molar-refractivity contribution in [1.82, 2.24) is 9.55 Å². The number of imidazole rings is 1. The number of hydrogen-bond acceptors (Lipinski definition) is 4. The third-order valence-corrected chi connectivity index (χ3v) is 5.41. The van der Waals surface area contributed by atoms with Gasteiger partial charge in [0.2, 0.25) is 0 Å². The monoisotopic (exact) mass is 328 g/mol. The van der Waals surface area contributed by atoms with Crippen LogP contribution in [0, 0.1) is 0 Å². The van der Waals surface area contributed by atoms with Crippen molar-refractivity contribution in [1.29, 1.82) is 0 Å². The minimum atomic E-state index is 0.102. The van der Waals surface area contributed by atoms with Crippen molar-refractivity contribution in [2.45, 2.75) is 43.7 Å². The molecule has 0 unspecified atom stereocenters. The SMILES string of the molecule is COc1cccc(-c2nccn2[C@H]2COC3(CCCC3)C2)c1OC. The molecule has 1 aromatic heterocycles. The summed E-state index contributed by atoms with van der Waals surface area (Å²) in [4.78, 5) is 4.60. The van der Waals surface area contributed by atoms with Gasteiger partial charge in [-0.05, 0) is 31.4 Å². The highest BCUT2D eigenvalue weighted by Crippen LogP contribution is 2.46. The molecule has 0 N–H and O–H groups in total. The van der Waals surface area contributed by atoms with Crippen LogP contribution in [0.3, 0.4) is 0 Å². The van der Waals surface area contributed by atoms with Crippen LogP contribution in [0.5, 0.6) is 11.5 Å². The molecule has 2 fully saturated rings. The lowest BCUT2D eigenvalue weighted by Gasteiger charge is -2.22. The summed E-state index contributed by atoms with van der Waals surface area (Å²) in [5, 5.41) is 0. The van der Waals surface area contributed by atoms with Crippen molar-refractivity contribution < 1.29 is 14.2 Å². The standard InChI is InChI=1S/C19H24N2O3/c1-22-16-7-5-6-15(17(16)23-2)18-20-10-11-21(18)14-12-19(24-13-14)8-3-4-9-19/h5-7,10-11,14H,3-4,8-9,12-13H2,1-2H3/t14-/m1/s1. The maximum absolute atomic E-state index is 6.23. The second-order valence-electron chi connectivity index (χ2n) is 6.76. The van der Waals surface area contributed by atoms with Crippen LogP contribution in [0.25, 0.3) is 11.4 Å². The number of benzene rings is 1. The Balaban J connectivity index is 1.69. The second kappa shape index (κ2) is 6.13. The summed E-state index contributed by atoms with van der Waals surface area (Å²) in [5.74, 6) is 2.36. The van der Waals surface area contributed by atoms with Crippen LogP contribution in [-0.2, 0) is 4.74 Å². The summed E-state index contributed by atoms with van der Waals surface area (Å²) >= 11 is 0. The summed E-state index contributed by atoms with van der Waals surface area (Å²) in [5.41, 5.74) is 1.05. The molecule has 1 saturated carbocycles. The third-order valence-electron chi connectivity index (χ3n) is 5.41. The van der Waals surface area contributed by atoms with Gasteiger partial charge in [0.15, 0.2) is 11.5 Å². The molecule has 1 aliphatic heterocycles. The average Bonchev–Trinajstić information content (AvgIpc) is 3.35. The third kappa shape index (κ3) is 2.47. The van der Waals surface area contributed by atoms with E-state index < -0.39 is 0 Å². The summed E-state index contributed by atoms with van der Waals surface area (Å²) in [6.07, 6.45) is 9.93. The lowest BCUT2D eigenvalue weighted by Crippen LogP contribution is -2.23. The Morgan fingerprint density at radius 3 is 2.79 bits per heavy atom. The van der Waals surface area contributed by atoms with Crippen LogP contribution in [0.2, 0.25) is 0 Å². The van der Waals surface area contributed by atoms with E-state index >= 15 is 0 Å². The molecule has 0 radical (unpaired) electrons. The second-order valence-corrected chi connectivity index (χ2v) is 6.76. The van der Waals surface area contributed by atoms with E-state index in [9.17, 15) is 0 Å². The van der Waals surface area contributed by atoms with Crippen LogP contribution in [0.4, 0.5) is 0 Å². The van der Waals surface area contributed by atoms with Crippen LogP contribution >= 0.6 is 0 Å². The molecule has 5 heteroatoms. The van der Waals surface area contributed by atoms with Crippen LogP contribution < -0.4 is 9.47 Å². The van der Waals surface area contributed by atoms with Crippen molar-refractivity contribution in [2.75, 3.05) is 20.8 Å². The first-order chi connectivity index (χ1) is 11.8. The maximum atomic E-state index is 6.23. The van der Waals surface area contributed by atoms with Gasteiger partial charge >= 0.3 is 0 Å². The van der Waals surface area contributed by atoms with Crippen LogP contribution in [-0.4, -0.2) is 36.0 Å². The van der Waals surface area contributed by atoms with E-state index in [0.717, 1.165) is 35.9 Å². The highest BCUT2D eigenvalue weighted by molar-refractivity contribution is 5.69. The fourth-order valence-electron chi connectivity index (χ4n) is 4.25. The smallest absolute Gasteiger partial charge is 0.171 e. The molecule has 1 aromatic carbocycles. The molecule has 24 heavy (non-hydrogen) atoms. The average molecular weight is 328 g/mol. The van der Waals surface area contributed by atoms with Gasteiger partial charge in [-0.25, -0.2) is 4.98 Å². The van der Waals surface area contributed by atoms with Gasteiger partial charge in [0.1, 0.15) is 5.82 Å². The Hall–Kier alpha value is -2.01. The number of para-hydroxylation sites is 1. The molecule has 2 heterocycles. The fourth-order valence-corrected chi connectivity index (χ4v) is 4.25. The zero-order chi connectivity index (χ0) is 16.6. The van der Waals surface area contributed by atoms with Gasteiger partial charge in [0.05, 0.1) is 38.0 Å². The largest absolute Gasteiger partial charge is 0.493 e. The van der Waals surface area contributed by atoms with E-state index in [2.05, 4.69) is 15.7 Å². The predicted molar refractivity (Wildman–Crippen MR) is 91.6 cm³/mol.